The summed E-state index contributed by atoms with van der Waals surface area (Å²) in [5, 5.41) is 3.33. The maximum absolute atomic E-state index is 11.9. The van der Waals surface area contributed by atoms with Gasteiger partial charge < -0.3 is 5.32 Å². The van der Waals surface area contributed by atoms with E-state index in [-0.39, 0.29) is 5.91 Å². The molecule has 1 aliphatic carbocycles. The van der Waals surface area contributed by atoms with Gasteiger partial charge in [0.2, 0.25) is 0 Å². The second-order valence-corrected chi connectivity index (χ2v) is 5.45. The highest BCUT2D eigenvalue weighted by Gasteiger charge is 2.45. The summed E-state index contributed by atoms with van der Waals surface area (Å²) in [6.45, 7) is 5.17. The molecule has 0 radical (unpaired) electrons. The number of pyridine rings is 1. The molecule has 4 heteroatoms. The number of hydrogen-bond acceptors (Lipinski definition) is 2. The van der Waals surface area contributed by atoms with E-state index in [9.17, 15) is 4.79 Å². The molecule has 0 aliphatic heterocycles. The van der Waals surface area contributed by atoms with Crippen LogP contribution >= 0.6 is 11.6 Å². The summed E-state index contributed by atoms with van der Waals surface area (Å²) in [5.74, 6) is 0.546. The number of carbonyl (C=O) groups is 1. The van der Waals surface area contributed by atoms with E-state index in [1.807, 2.05) is 0 Å². The van der Waals surface area contributed by atoms with E-state index in [0.717, 1.165) is 6.54 Å². The zero-order chi connectivity index (χ0) is 12.5. The number of hydrogen-bond donors (Lipinski definition) is 1. The predicted molar refractivity (Wildman–Crippen MR) is 68.1 cm³/mol. The van der Waals surface area contributed by atoms with Crippen molar-refractivity contribution in [1.82, 2.24) is 10.3 Å². The minimum absolute atomic E-state index is 0.0683. The molecule has 1 aromatic rings. The third-order valence-corrected chi connectivity index (χ3v) is 3.91. The molecule has 0 unspecified atom stereocenters. The minimum atomic E-state index is -0.0683. The molecule has 1 N–H and O–H groups in total. The molecule has 1 saturated carbocycles. The Labute approximate surface area is 107 Å². The summed E-state index contributed by atoms with van der Waals surface area (Å²) in [4.78, 5) is 15.8. The maximum Gasteiger partial charge on any atom is 0.251 e. The van der Waals surface area contributed by atoms with Crippen molar-refractivity contribution >= 4 is 17.5 Å². The molecule has 3 nitrogen and oxygen atoms in total. The van der Waals surface area contributed by atoms with E-state index in [0.29, 0.717) is 22.0 Å². The first-order chi connectivity index (χ1) is 8.03. The smallest absolute Gasteiger partial charge is 0.251 e. The molecule has 1 fully saturated rings. The fraction of sp³-hybridized carbons (Fsp3) is 0.538. The molecule has 92 valence electrons. The zero-order valence-corrected chi connectivity index (χ0v) is 10.9. The molecule has 0 saturated heterocycles. The van der Waals surface area contributed by atoms with Gasteiger partial charge in [-0.05, 0) is 36.3 Å². The standard InChI is InChI=1S/C13H17ClN2O/c1-9(2)13(4-5-13)8-16-12(17)10-3-6-15-11(14)7-10/h3,6-7,9H,4-5,8H2,1-2H3,(H,16,17). The van der Waals surface area contributed by atoms with Crippen LogP contribution in [-0.2, 0) is 0 Å². The van der Waals surface area contributed by atoms with Gasteiger partial charge >= 0.3 is 0 Å². The highest BCUT2D eigenvalue weighted by Crippen LogP contribution is 2.51. The number of halogens is 1. The Morgan fingerprint density at radius 2 is 2.29 bits per heavy atom. The van der Waals surface area contributed by atoms with Crippen molar-refractivity contribution in [2.24, 2.45) is 11.3 Å². The fourth-order valence-electron chi connectivity index (χ4n) is 2.02. The Hall–Kier alpha value is -1.09. The van der Waals surface area contributed by atoms with Crippen molar-refractivity contribution < 1.29 is 4.79 Å². The van der Waals surface area contributed by atoms with Crippen molar-refractivity contribution in [1.29, 1.82) is 0 Å². The molecular formula is C13H17ClN2O. The molecule has 0 spiro atoms. The van der Waals surface area contributed by atoms with E-state index < -0.39 is 0 Å². The monoisotopic (exact) mass is 252 g/mol. The van der Waals surface area contributed by atoms with Gasteiger partial charge in [0.25, 0.3) is 5.91 Å². The van der Waals surface area contributed by atoms with Crippen LogP contribution in [0.2, 0.25) is 5.15 Å². The maximum atomic E-state index is 11.9. The summed E-state index contributed by atoms with van der Waals surface area (Å²) in [5.41, 5.74) is 0.900. The van der Waals surface area contributed by atoms with Crippen molar-refractivity contribution in [3.8, 4) is 0 Å². The summed E-state index contributed by atoms with van der Waals surface area (Å²) < 4.78 is 0. The number of aromatic nitrogens is 1. The molecule has 17 heavy (non-hydrogen) atoms. The number of rotatable bonds is 4. The lowest BCUT2D eigenvalue weighted by Gasteiger charge is -2.19. The highest BCUT2D eigenvalue weighted by molar-refractivity contribution is 6.29. The molecule has 1 heterocycles. The lowest BCUT2D eigenvalue weighted by Crippen LogP contribution is -2.32. The molecule has 0 bridgehead atoms. The Balaban J connectivity index is 1.94. The van der Waals surface area contributed by atoms with Crippen molar-refractivity contribution in [2.75, 3.05) is 6.54 Å². The molecule has 1 aromatic heterocycles. The summed E-state index contributed by atoms with van der Waals surface area (Å²) in [7, 11) is 0. The zero-order valence-electron chi connectivity index (χ0n) is 10.2. The van der Waals surface area contributed by atoms with Crippen molar-refractivity contribution in [3.63, 3.8) is 0 Å². The Kier molecular flexibility index (Phi) is 3.38. The van der Waals surface area contributed by atoms with Crippen LogP contribution in [0.25, 0.3) is 0 Å². The average Bonchev–Trinajstić information content (AvgIpc) is 3.07. The molecular weight excluding hydrogens is 236 g/mol. The molecule has 1 amide bonds. The first-order valence-corrected chi connectivity index (χ1v) is 6.31. The van der Waals surface area contributed by atoms with Gasteiger partial charge in [-0.15, -0.1) is 0 Å². The van der Waals surface area contributed by atoms with E-state index in [2.05, 4.69) is 24.1 Å². The molecule has 0 atom stereocenters. The Bertz CT molecular complexity index is 427. The van der Waals surface area contributed by atoms with Crippen molar-refractivity contribution in [3.05, 3.63) is 29.0 Å². The van der Waals surface area contributed by atoms with E-state index in [1.54, 1.807) is 18.3 Å². The quantitative estimate of drug-likeness (QED) is 0.838. The van der Waals surface area contributed by atoms with Gasteiger partial charge in [-0.25, -0.2) is 4.98 Å². The molecule has 1 aliphatic rings. The van der Waals surface area contributed by atoms with Gasteiger partial charge in [-0.2, -0.15) is 0 Å². The first-order valence-electron chi connectivity index (χ1n) is 5.93. The highest BCUT2D eigenvalue weighted by atomic mass is 35.5. The van der Waals surface area contributed by atoms with Gasteiger partial charge in [0.15, 0.2) is 0 Å². The van der Waals surface area contributed by atoms with Crippen LogP contribution in [0.3, 0.4) is 0 Å². The van der Waals surface area contributed by atoms with E-state index >= 15 is 0 Å². The van der Waals surface area contributed by atoms with Gasteiger partial charge in [-0.3, -0.25) is 4.79 Å². The fourth-order valence-corrected chi connectivity index (χ4v) is 2.19. The van der Waals surface area contributed by atoms with Gasteiger partial charge in [0, 0.05) is 18.3 Å². The van der Waals surface area contributed by atoms with Crippen LogP contribution in [-0.4, -0.2) is 17.4 Å². The Morgan fingerprint density at radius 1 is 1.59 bits per heavy atom. The van der Waals surface area contributed by atoms with Gasteiger partial charge in [0.05, 0.1) is 0 Å². The molecule has 0 aromatic carbocycles. The summed E-state index contributed by atoms with van der Waals surface area (Å²) in [6, 6.07) is 3.27. The summed E-state index contributed by atoms with van der Waals surface area (Å²) in [6.07, 6.45) is 3.97. The largest absolute Gasteiger partial charge is 0.351 e. The minimum Gasteiger partial charge on any atom is -0.351 e. The first kappa shape index (κ1) is 12.4. The van der Waals surface area contributed by atoms with Crippen LogP contribution in [0.1, 0.15) is 37.0 Å². The second-order valence-electron chi connectivity index (χ2n) is 5.07. The normalized spacial score (nSPS) is 16.9. The number of nitrogens with one attached hydrogen (secondary N) is 1. The van der Waals surface area contributed by atoms with Gasteiger partial charge in [-0.1, -0.05) is 25.4 Å². The topological polar surface area (TPSA) is 42.0 Å². The number of amides is 1. The van der Waals surface area contributed by atoms with Crippen LogP contribution in [0.5, 0.6) is 0 Å². The van der Waals surface area contributed by atoms with E-state index in [4.69, 9.17) is 11.6 Å². The number of nitrogens with zero attached hydrogens (tertiary/aromatic N) is 1. The molecule has 2 rings (SSSR count). The SMILES string of the molecule is CC(C)C1(CNC(=O)c2ccnc(Cl)c2)CC1. The average molecular weight is 253 g/mol. The predicted octanol–water partition coefficient (Wildman–Crippen LogP) is 2.90. The van der Waals surface area contributed by atoms with Crippen LogP contribution in [0, 0.1) is 11.3 Å². The number of carbonyl (C=O) groups excluding carboxylic acids is 1. The third kappa shape index (κ3) is 2.78. The second kappa shape index (κ2) is 4.65. The van der Waals surface area contributed by atoms with Gasteiger partial charge in [0.1, 0.15) is 5.15 Å². The van der Waals surface area contributed by atoms with Crippen LogP contribution in [0.4, 0.5) is 0 Å². The summed E-state index contributed by atoms with van der Waals surface area (Å²) >= 11 is 5.75. The van der Waals surface area contributed by atoms with Crippen LogP contribution in [0.15, 0.2) is 18.3 Å². The van der Waals surface area contributed by atoms with Crippen LogP contribution < -0.4 is 5.32 Å². The third-order valence-electron chi connectivity index (χ3n) is 3.71. The Morgan fingerprint density at radius 3 is 2.82 bits per heavy atom. The van der Waals surface area contributed by atoms with Crippen molar-refractivity contribution in [2.45, 2.75) is 26.7 Å². The van der Waals surface area contributed by atoms with E-state index in [1.165, 1.54) is 12.8 Å². The lowest BCUT2D eigenvalue weighted by molar-refractivity contribution is 0.0939. The lowest BCUT2D eigenvalue weighted by atomic mass is 9.92.